The molecule has 2 aromatic carbocycles. The topological polar surface area (TPSA) is 44.1 Å². The number of Topliss-reactive ketones (excluding diaryl/α,β-unsaturated/α-hetero) is 1. The fourth-order valence-corrected chi connectivity index (χ4v) is 4.32. The van der Waals surface area contributed by atoms with Crippen LogP contribution in [0.1, 0.15) is 59.4 Å². The van der Waals surface area contributed by atoms with Gasteiger partial charge in [0.15, 0.2) is 5.78 Å². The normalized spacial score (nSPS) is 16.0. The molecule has 4 nitrogen and oxygen atoms in total. The summed E-state index contributed by atoms with van der Waals surface area (Å²) in [6, 6.07) is 15.8. The molecule has 150 valence electrons. The molecule has 0 fully saturated rings. The minimum Gasteiger partial charge on any atom is -0.494 e. The lowest BCUT2D eigenvalue weighted by Crippen LogP contribution is -2.21. The lowest BCUT2D eigenvalue weighted by molar-refractivity contribution is 0.0962. The monoisotopic (exact) mass is 408 g/mol. The van der Waals surface area contributed by atoms with Crippen molar-refractivity contribution in [3.63, 3.8) is 0 Å². The summed E-state index contributed by atoms with van der Waals surface area (Å²) in [6.07, 6.45) is 4.15. The van der Waals surface area contributed by atoms with Crippen molar-refractivity contribution >= 4 is 17.4 Å². The Hall–Kier alpha value is -2.59. The number of unbranched alkanes of at least 4 members (excludes halogenated alkanes) is 1. The van der Waals surface area contributed by atoms with E-state index in [2.05, 4.69) is 19.1 Å². The molecule has 0 spiro atoms. The largest absolute Gasteiger partial charge is 0.494 e. The van der Waals surface area contributed by atoms with Crippen LogP contribution in [0.5, 0.6) is 5.75 Å². The fraction of sp³-hybridized carbons (Fsp3) is 0.333. The summed E-state index contributed by atoms with van der Waals surface area (Å²) in [5.74, 6) is 1.02. The molecular weight excluding hydrogens is 384 g/mol. The molecule has 0 saturated heterocycles. The van der Waals surface area contributed by atoms with Gasteiger partial charge in [0, 0.05) is 11.4 Å². The summed E-state index contributed by atoms with van der Waals surface area (Å²) in [4.78, 5) is 13.2. The Labute approximate surface area is 176 Å². The van der Waals surface area contributed by atoms with Crippen molar-refractivity contribution in [2.75, 3.05) is 7.11 Å². The highest BCUT2D eigenvalue weighted by molar-refractivity contribution is 6.30. The Bertz CT molecular complexity index is 1030. The van der Waals surface area contributed by atoms with Gasteiger partial charge in [-0.2, -0.15) is 5.10 Å². The predicted molar refractivity (Wildman–Crippen MR) is 116 cm³/mol. The van der Waals surface area contributed by atoms with Crippen molar-refractivity contribution in [3.05, 3.63) is 76.1 Å². The third kappa shape index (κ3) is 3.82. The number of ketones is 1. The van der Waals surface area contributed by atoms with E-state index in [1.54, 1.807) is 13.2 Å². The van der Waals surface area contributed by atoms with Crippen LogP contribution in [0.4, 0.5) is 0 Å². The van der Waals surface area contributed by atoms with Crippen LogP contribution in [-0.4, -0.2) is 22.7 Å². The van der Waals surface area contributed by atoms with Gasteiger partial charge in [0.2, 0.25) is 0 Å². The third-order valence-electron chi connectivity index (χ3n) is 5.61. The molecule has 0 aliphatic heterocycles. The lowest BCUT2D eigenvalue weighted by Gasteiger charge is -2.23. The van der Waals surface area contributed by atoms with Crippen molar-refractivity contribution in [1.82, 2.24) is 9.78 Å². The Balaban J connectivity index is 1.86. The van der Waals surface area contributed by atoms with Gasteiger partial charge in [-0.05, 0) is 48.9 Å². The van der Waals surface area contributed by atoms with Crippen LogP contribution in [0.2, 0.25) is 5.02 Å². The molecule has 1 heterocycles. The average Bonchev–Trinajstić information content (AvgIpc) is 3.11. The van der Waals surface area contributed by atoms with Gasteiger partial charge in [-0.25, -0.2) is 4.68 Å². The van der Waals surface area contributed by atoms with Crippen LogP contribution in [0.3, 0.4) is 0 Å². The molecule has 1 aromatic heterocycles. The number of methoxy groups -OCH3 is 1. The Morgan fingerprint density at radius 1 is 1.17 bits per heavy atom. The van der Waals surface area contributed by atoms with E-state index in [0.717, 1.165) is 48.3 Å². The number of carbonyl (C=O) groups is 1. The number of ether oxygens (including phenoxy) is 1. The molecule has 0 saturated carbocycles. The second kappa shape index (κ2) is 8.42. The summed E-state index contributed by atoms with van der Waals surface area (Å²) < 4.78 is 7.46. The lowest BCUT2D eigenvalue weighted by atomic mass is 9.81. The number of carbonyl (C=O) groups excluding carboxylic acids is 1. The molecule has 0 bridgehead atoms. The van der Waals surface area contributed by atoms with Crippen LogP contribution in [0.15, 0.2) is 48.5 Å². The van der Waals surface area contributed by atoms with Crippen molar-refractivity contribution in [3.8, 4) is 11.4 Å². The fourth-order valence-electron chi connectivity index (χ4n) is 4.15. The molecule has 3 aromatic rings. The summed E-state index contributed by atoms with van der Waals surface area (Å²) in [7, 11) is 1.64. The molecule has 0 radical (unpaired) electrons. The van der Waals surface area contributed by atoms with Crippen molar-refractivity contribution in [1.29, 1.82) is 0 Å². The second-order valence-corrected chi connectivity index (χ2v) is 7.98. The van der Waals surface area contributed by atoms with E-state index in [4.69, 9.17) is 21.4 Å². The Morgan fingerprint density at radius 3 is 2.69 bits per heavy atom. The SMILES string of the molecule is CCCCc1nn(-c2cc(Cl)ccc2OC)c2c1C(=O)CC(c1ccccc1)C2. The molecular formula is C24H25ClN2O2. The molecule has 0 amide bonds. The Morgan fingerprint density at radius 2 is 1.97 bits per heavy atom. The number of aryl methyl sites for hydroxylation is 1. The first-order valence-corrected chi connectivity index (χ1v) is 10.5. The number of rotatable bonds is 6. The first kappa shape index (κ1) is 19.7. The number of hydrogen-bond donors (Lipinski definition) is 0. The Kier molecular flexibility index (Phi) is 5.72. The van der Waals surface area contributed by atoms with E-state index >= 15 is 0 Å². The van der Waals surface area contributed by atoms with Gasteiger partial charge < -0.3 is 4.74 Å². The zero-order valence-electron chi connectivity index (χ0n) is 16.8. The summed E-state index contributed by atoms with van der Waals surface area (Å²) in [6.45, 7) is 2.15. The molecule has 1 aliphatic carbocycles. The van der Waals surface area contributed by atoms with Crippen LogP contribution >= 0.6 is 11.6 Å². The molecule has 5 heteroatoms. The van der Waals surface area contributed by atoms with Gasteiger partial charge in [-0.1, -0.05) is 55.3 Å². The average molecular weight is 409 g/mol. The van der Waals surface area contributed by atoms with Crippen LogP contribution in [-0.2, 0) is 12.8 Å². The van der Waals surface area contributed by atoms with Crippen molar-refractivity contribution in [2.45, 2.75) is 44.9 Å². The minimum absolute atomic E-state index is 0.149. The maximum Gasteiger partial charge on any atom is 0.167 e. The number of aromatic nitrogens is 2. The zero-order chi connectivity index (χ0) is 20.4. The van der Waals surface area contributed by atoms with Gasteiger partial charge >= 0.3 is 0 Å². The molecule has 0 N–H and O–H groups in total. The first-order valence-electron chi connectivity index (χ1n) is 10.1. The zero-order valence-corrected chi connectivity index (χ0v) is 17.6. The van der Waals surface area contributed by atoms with E-state index in [1.807, 2.05) is 35.0 Å². The third-order valence-corrected chi connectivity index (χ3v) is 5.85. The molecule has 1 unspecified atom stereocenters. The highest BCUT2D eigenvalue weighted by Gasteiger charge is 2.33. The smallest absolute Gasteiger partial charge is 0.167 e. The predicted octanol–water partition coefficient (Wildman–Crippen LogP) is 5.79. The number of halogens is 1. The quantitative estimate of drug-likeness (QED) is 0.518. The van der Waals surface area contributed by atoms with Crippen molar-refractivity contribution < 1.29 is 9.53 Å². The van der Waals surface area contributed by atoms with Gasteiger partial charge in [0.25, 0.3) is 0 Å². The maximum absolute atomic E-state index is 13.2. The van der Waals surface area contributed by atoms with E-state index in [9.17, 15) is 4.79 Å². The summed E-state index contributed by atoms with van der Waals surface area (Å²) in [5.41, 5.74) is 4.61. The number of nitrogens with zero attached hydrogens (tertiary/aromatic N) is 2. The highest BCUT2D eigenvalue weighted by Crippen LogP contribution is 2.37. The molecule has 29 heavy (non-hydrogen) atoms. The van der Waals surface area contributed by atoms with E-state index < -0.39 is 0 Å². The van der Waals surface area contributed by atoms with E-state index in [-0.39, 0.29) is 11.7 Å². The van der Waals surface area contributed by atoms with Gasteiger partial charge in [0.05, 0.1) is 24.1 Å². The van der Waals surface area contributed by atoms with Crippen LogP contribution < -0.4 is 4.74 Å². The van der Waals surface area contributed by atoms with Crippen LogP contribution in [0, 0.1) is 0 Å². The first-order chi connectivity index (χ1) is 14.1. The standard InChI is InChI=1S/C24H25ClN2O2/c1-3-4-10-19-24-21(13-17(14-22(24)28)16-8-6-5-7-9-16)27(26-19)20-15-18(25)11-12-23(20)29-2/h5-9,11-12,15,17H,3-4,10,13-14H2,1-2H3. The van der Waals surface area contributed by atoms with Crippen LogP contribution in [0.25, 0.3) is 5.69 Å². The number of benzene rings is 2. The summed E-state index contributed by atoms with van der Waals surface area (Å²) in [5, 5.41) is 5.50. The van der Waals surface area contributed by atoms with E-state index in [1.165, 1.54) is 5.56 Å². The minimum atomic E-state index is 0.149. The van der Waals surface area contributed by atoms with E-state index in [0.29, 0.717) is 17.2 Å². The van der Waals surface area contributed by atoms with Gasteiger partial charge in [-0.15, -0.1) is 0 Å². The molecule has 1 atom stereocenters. The molecule has 4 rings (SSSR count). The number of fused-ring (bicyclic) bond motifs is 1. The maximum atomic E-state index is 13.2. The number of hydrogen-bond acceptors (Lipinski definition) is 3. The van der Waals surface area contributed by atoms with Gasteiger partial charge in [0.1, 0.15) is 11.4 Å². The van der Waals surface area contributed by atoms with Gasteiger partial charge in [-0.3, -0.25) is 4.79 Å². The van der Waals surface area contributed by atoms with Crippen molar-refractivity contribution in [2.24, 2.45) is 0 Å². The second-order valence-electron chi connectivity index (χ2n) is 7.54. The summed E-state index contributed by atoms with van der Waals surface area (Å²) >= 11 is 6.29. The molecule has 1 aliphatic rings. The highest BCUT2D eigenvalue weighted by atomic mass is 35.5.